The predicted octanol–water partition coefficient (Wildman–Crippen LogP) is 6.58. The second-order valence-corrected chi connectivity index (χ2v) is 11.6. The van der Waals surface area contributed by atoms with E-state index in [1.807, 2.05) is 26.8 Å². The maximum Gasteiger partial charge on any atom is 0.416 e. The molecule has 1 aliphatic heterocycles. The molecule has 6 nitrogen and oxygen atoms in total. The van der Waals surface area contributed by atoms with Crippen molar-refractivity contribution in [1.29, 1.82) is 0 Å². The first-order valence-corrected chi connectivity index (χ1v) is 14.0. The summed E-state index contributed by atoms with van der Waals surface area (Å²) in [5, 5.41) is 0. The number of hydrogen-bond acceptors (Lipinski definition) is 6. The van der Waals surface area contributed by atoms with E-state index in [0.717, 1.165) is 64.0 Å². The summed E-state index contributed by atoms with van der Waals surface area (Å²) < 4.78 is 52.7. The van der Waals surface area contributed by atoms with Gasteiger partial charge in [0, 0.05) is 38.8 Å². The first-order chi connectivity index (χ1) is 18.5. The molecule has 0 amide bonds. The van der Waals surface area contributed by atoms with Crippen LogP contribution < -0.4 is 9.64 Å². The van der Waals surface area contributed by atoms with Crippen LogP contribution in [-0.2, 0) is 22.3 Å². The Balaban J connectivity index is 1.27. The van der Waals surface area contributed by atoms with E-state index in [1.165, 1.54) is 6.07 Å². The number of carbonyl (C=O) groups excluding carboxylic acids is 1. The van der Waals surface area contributed by atoms with Crippen LogP contribution in [-0.4, -0.2) is 54.2 Å². The van der Waals surface area contributed by atoms with E-state index < -0.39 is 17.3 Å². The average Bonchev–Trinajstić information content (AvgIpc) is 2.90. The molecule has 1 aromatic heterocycles. The molecule has 4 rings (SSSR count). The fraction of sp³-hybridized carbons (Fsp3) is 0.600. The van der Waals surface area contributed by atoms with Gasteiger partial charge in [-0.2, -0.15) is 13.2 Å². The van der Waals surface area contributed by atoms with E-state index >= 15 is 0 Å². The molecule has 2 fully saturated rings. The molecule has 1 saturated heterocycles. The molecule has 0 atom stereocenters. The molecule has 2 heterocycles. The molecule has 2 aromatic rings. The van der Waals surface area contributed by atoms with E-state index in [-0.39, 0.29) is 18.5 Å². The Bertz CT molecular complexity index is 1090. The Morgan fingerprint density at radius 1 is 1.00 bits per heavy atom. The molecule has 0 bridgehead atoms. The fourth-order valence-electron chi connectivity index (χ4n) is 5.38. The summed E-state index contributed by atoms with van der Waals surface area (Å²) in [6.45, 7) is 9.58. The van der Waals surface area contributed by atoms with Gasteiger partial charge in [-0.15, -0.1) is 0 Å². The van der Waals surface area contributed by atoms with Gasteiger partial charge in [-0.25, -0.2) is 4.98 Å². The molecule has 9 heteroatoms. The van der Waals surface area contributed by atoms with Crippen LogP contribution in [0.3, 0.4) is 0 Å². The second-order valence-electron chi connectivity index (χ2n) is 11.6. The van der Waals surface area contributed by atoms with Crippen LogP contribution in [0.1, 0.15) is 81.9 Å². The highest BCUT2D eigenvalue weighted by Crippen LogP contribution is 2.41. The molecular formula is C30H40F3N3O3. The normalized spacial score (nSPS) is 17.7. The highest BCUT2D eigenvalue weighted by Gasteiger charge is 2.35. The largest absolute Gasteiger partial charge is 0.473 e. The third-order valence-corrected chi connectivity index (χ3v) is 7.37. The van der Waals surface area contributed by atoms with Crippen LogP contribution in [0.4, 0.5) is 18.9 Å². The minimum atomic E-state index is -4.39. The highest BCUT2D eigenvalue weighted by atomic mass is 19.4. The first kappa shape index (κ1) is 29.2. The minimum Gasteiger partial charge on any atom is -0.473 e. The van der Waals surface area contributed by atoms with Gasteiger partial charge in [-0.1, -0.05) is 31.4 Å². The number of carbonyl (C=O) groups is 1. The summed E-state index contributed by atoms with van der Waals surface area (Å²) in [7, 11) is 0. The molecule has 0 radical (unpaired) electrons. The number of rotatable bonds is 8. The Morgan fingerprint density at radius 2 is 1.72 bits per heavy atom. The predicted molar refractivity (Wildman–Crippen MR) is 145 cm³/mol. The third-order valence-electron chi connectivity index (χ3n) is 7.37. The molecule has 39 heavy (non-hydrogen) atoms. The number of piperazine rings is 1. The van der Waals surface area contributed by atoms with Crippen LogP contribution in [0.25, 0.3) is 0 Å². The lowest BCUT2D eigenvalue weighted by Gasteiger charge is -2.35. The van der Waals surface area contributed by atoms with Crippen LogP contribution >= 0.6 is 0 Å². The van der Waals surface area contributed by atoms with Crippen LogP contribution in [0.5, 0.6) is 5.88 Å². The van der Waals surface area contributed by atoms with Gasteiger partial charge in [-0.05, 0) is 62.8 Å². The maximum atomic E-state index is 13.8. The Labute approximate surface area is 229 Å². The molecule has 0 spiro atoms. The lowest BCUT2D eigenvalue weighted by atomic mass is 9.81. The van der Waals surface area contributed by atoms with E-state index in [9.17, 15) is 18.0 Å². The van der Waals surface area contributed by atoms with Crippen LogP contribution in [0.2, 0.25) is 0 Å². The average molecular weight is 548 g/mol. The highest BCUT2D eigenvalue weighted by molar-refractivity contribution is 5.70. The van der Waals surface area contributed by atoms with E-state index in [0.29, 0.717) is 30.0 Å². The number of anilines is 1. The van der Waals surface area contributed by atoms with Crippen molar-refractivity contribution in [3.63, 3.8) is 0 Å². The number of ether oxygens (including phenoxy) is 2. The summed E-state index contributed by atoms with van der Waals surface area (Å²) in [5.74, 6) is 0.172. The number of halogens is 3. The molecule has 1 saturated carbocycles. The zero-order valence-corrected chi connectivity index (χ0v) is 23.2. The lowest BCUT2D eigenvalue weighted by Crippen LogP contribution is -2.47. The number of nitrogens with zero attached hydrogens (tertiary/aromatic N) is 3. The quantitative estimate of drug-likeness (QED) is 0.348. The fourth-order valence-corrected chi connectivity index (χ4v) is 5.38. The maximum absolute atomic E-state index is 13.8. The van der Waals surface area contributed by atoms with Gasteiger partial charge < -0.3 is 14.4 Å². The number of aromatic nitrogens is 1. The summed E-state index contributed by atoms with van der Waals surface area (Å²) in [6.07, 6.45) is 2.42. The smallest absolute Gasteiger partial charge is 0.416 e. The van der Waals surface area contributed by atoms with Gasteiger partial charge in [0.15, 0.2) is 0 Å². The lowest BCUT2D eigenvalue weighted by molar-refractivity contribution is -0.155. The number of benzene rings is 1. The van der Waals surface area contributed by atoms with Gasteiger partial charge in [0.1, 0.15) is 12.2 Å². The number of hydrogen-bond donors (Lipinski definition) is 0. The zero-order chi connectivity index (χ0) is 28.0. The Morgan fingerprint density at radius 3 is 2.33 bits per heavy atom. The number of esters is 1. The monoisotopic (exact) mass is 547 g/mol. The van der Waals surface area contributed by atoms with Gasteiger partial charge in [0.2, 0.25) is 5.88 Å². The topological polar surface area (TPSA) is 54.9 Å². The molecule has 0 N–H and O–H groups in total. The van der Waals surface area contributed by atoms with Crippen molar-refractivity contribution in [1.82, 2.24) is 9.88 Å². The van der Waals surface area contributed by atoms with E-state index in [2.05, 4.69) is 14.8 Å². The molecule has 1 aliphatic carbocycles. The van der Waals surface area contributed by atoms with Crippen molar-refractivity contribution in [3.05, 3.63) is 53.2 Å². The Kier molecular flexibility index (Phi) is 9.41. The van der Waals surface area contributed by atoms with E-state index in [4.69, 9.17) is 9.47 Å². The summed E-state index contributed by atoms with van der Waals surface area (Å²) in [5.41, 5.74) is 0.854. The summed E-state index contributed by atoms with van der Waals surface area (Å²) in [6, 6.07) is 8.30. The van der Waals surface area contributed by atoms with Crippen molar-refractivity contribution >= 4 is 11.7 Å². The van der Waals surface area contributed by atoms with Gasteiger partial charge in [0.25, 0.3) is 0 Å². The summed E-state index contributed by atoms with van der Waals surface area (Å²) >= 11 is 0. The first-order valence-electron chi connectivity index (χ1n) is 14.0. The van der Waals surface area contributed by atoms with Crippen LogP contribution in [0.15, 0.2) is 36.5 Å². The zero-order valence-electron chi connectivity index (χ0n) is 23.2. The van der Waals surface area contributed by atoms with Gasteiger partial charge in [-0.3, -0.25) is 9.69 Å². The van der Waals surface area contributed by atoms with Crippen molar-refractivity contribution in [2.45, 2.75) is 83.6 Å². The SMILES string of the molecule is CC(C)(C)OC(=O)CCN1CCN(c2ccc(OCc3ccc(C4CCCCC4)c(C(F)(F)F)c3)nc2)CC1. The number of alkyl halides is 3. The third kappa shape index (κ3) is 8.59. The van der Waals surface area contributed by atoms with E-state index in [1.54, 1.807) is 24.4 Å². The standard InChI is InChI=1S/C30H40F3N3O3/c1-29(2,3)39-28(37)13-14-35-15-17-36(18-16-35)24-10-12-27(34-20-24)38-21-22-9-11-25(23-7-5-4-6-8-23)26(19-22)30(31,32)33/h9-12,19-20,23H,4-8,13-18,21H2,1-3H3. The summed E-state index contributed by atoms with van der Waals surface area (Å²) in [4.78, 5) is 20.8. The molecule has 1 aromatic carbocycles. The van der Waals surface area contributed by atoms with Gasteiger partial charge in [0.05, 0.1) is 23.9 Å². The van der Waals surface area contributed by atoms with Crippen molar-refractivity contribution in [3.8, 4) is 5.88 Å². The molecule has 0 unspecified atom stereocenters. The van der Waals surface area contributed by atoms with Gasteiger partial charge >= 0.3 is 12.1 Å². The molecule has 2 aliphatic rings. The van der Waals surface area contributed by atoms with Crippen LogP contribution in [0, 0.1) is 0 Å². The van der Waals surface area contributed by atoms with Crippen molar-refractivity contribution < 1.29 is 27.4 Å². The second kappa shape index (κ2) is 12.6. The molecular weight excluding hydrogens is 507 g/mol. The molecule has 214 valence electrons. The van der Waals surface area contributed by atoms with Crippen molar-refractivity contribution in [2.24, 2.45) is 0 Å². The number of pyridine rings is 1. The van der Waals surface area contributed by atoms with Crippen molar-refractivity contribution in [2.75, 3.05) is 37.6 Å². The Hall–Kier alpha value is -2.81. The minimum absolute atomic E-state index is 0.0219.